The zero-order valence-electron chi connectivity index (χ0n) is 11.8. The molecule has 17 heavy (non-hydrogen) atoms. The van der Waals surface area contributed by atoms with Crippen molar-refractivity contribution >= 4 is 0 Å². The van der Waals surface area contributed by atoms with E-state index in [2.05, 4.69) is 67.6 Å². The van der Waals surface area contributed by atoms with Crippen molar-refractivity contribution in [2.45, 2.75) is 25.7 Å². The molecule has 0 saturated heterocycles. The summed E-state index contributed by atoms with van der Waals surface area (Å²) in [5.74, 6) is 0.549. The Labute approximate surface area is 118 Å². The van der Waals surface area contributed by atoms with E-state index in [9.17, 15) is 0 Å². The van der Waals surface area contributed by atoms with Gasteiger partial charge >= 0.3 is 18.9 Å². The normalized spacial score (nSPS) is 10.0. The van der Waals surface area contributed by atoms with E-state index in [0.717, 1.165) is 0 Å². The minimum absolute atomic E-state index is 0. The summed E-state index contributed by atoms with van der Waals surface area (Å²) in [4.78, 5) is 0. The van der Waals surface area contributed by atoms with Gasteiger partial charge in [0.15, 0.2) is 0 Å². The fourth-order valence-electron chi connectivity index (χ4n) is 2.19. The van der Waals surface area contributed by atoms with Gasteiger partial charge in [-0.2, -0.15) is 0 Å². The van der Waals surface area contributed by atoms with Crippen LogP contribution in [0.15, 0.2) is 60.7 Å². The smallest absolute Gasteiger partial charge is 1.00 e. The molecule has 0 N–H and O–H groups in total. The van der Waals surface area contributed by atoms with Gasteiger partial charge in [0.2, 0.25) is 0 Å². The van der Waals surface area contributed by atoms with E-state index in [4.69, 9.17) is 0 Å². The monoisotopic (exact) mass is 218 g/mol. The van der Waals surface area contributed by atoms with Crippen LogP contribution in [0.1, 0.15) is 38.2 Å². The topological polar surface area (TPSA) is 0 Å². The molecule has 0 aromatic heterocycles. The van der Waals surface area contributed by atoms with Crippen molar-refractivity contribution in [1.82, 2.24) is 0 Å². The van der Waals surface area contributed by atoms with Crippen molar-refractivity contribution in [2.75, 3.05) is 0 Å². The molecule has 0 atom stereocenters. The van der Waals surface area contributed by atoms with E-state index in [1.165, 1.54) is 24.0 Å². The molecule has 0 saturated carbocycles. The molecular weight excluding hydrogens is 199 g/mol. The van der Waals surface area contributed by atoms with Crippen molar-refractivity contribution in [3.05, 3.63) is 71.8 Å². The maximum atomic E-state index is 2.25. The van der Waals surface area contributed by atoms with Crippen LogP contribution in [0.3, 0.4) is 0 Å². The van der Waals surface area contributed by atoms with Gasteiger partial charge in [-0.3, -0.25) is 0 Å². The van der Waals surface area contributed by atoms with Crippen molar-refractivity contribution < 1.29 is 20.3 Å². The molecule has 2 aromatic carbocycles. The SMILES string of the molecule is CCCC(c1ccccc1)c1ccccc1.[H-].[Li+]. The first-order valence-electron chi connectivity index (χ1n) is 6.01. The van der Waals surface area contributed by atoms with E-state index in [1.54, 1.807) is 0 Å². The average molecular weight is 218 g/mol. The molecule has 0 aliphatic carbocycles. The Balaban J connectivity index is 0.00000144. The first-order chi connectivity index (χ1) is 7.92. The van der Waals surface area contributed by atoms with E-state index >= 15 is 0 Å². The van der Waals surface area contributed by atoms with E-state index < -0.39 is 0 Å². The Hall–Kier alpha value is -0.963. The van der Waals surface area contributed by atoms with Crippen LogP contribution in [0, 0.1) is 0 Å². The molecule has 1 heteroatoms. The Morgan fingerprint density at radius 3 is 1.59 bits per heavy atom. The van der Waals surface area contributed by atoms with Gasteiger partial charge in [0.25, 0.3) is 0 Å². The minimum Gasteiger partial charge on any atom is -1.00 e. The zero-order valence-corrected chi connectivity index (χ0v) is 10.8. The molecule has 0 radical (unpaired) electrons. The summed E-state index contributed by atoms with van der Waals surface area (Å²) in [6.45, 7) is 2.25. The number of hydrogen-bond acceptors (Lipinski definition) is 0. The van der Waals surface area contributed by atoms with Crippen LogP contribution >= 0.6 is 0 Å². The second-order valence-electron chi connectivity index (χ2n) is 4.16. The molecule has 84 valence electrons. The first-order valence-corrected chi connectivity index (χ1v) is 6.01. The van der Waals surface area contributed by atoms with Gasteiger partial charge in [0.1, 0.15) is 0 Å². The Bertz CT molecular complexity index is 374. The molecule has 0 spiro atoms. The summed E-state index contributed by atoms with van der Waals surface area (Å²) in [7, 11) is 0. The fourth-order valence-corrected chi connectivity index (χ4v) is 2.19. The Morgan fingerprint density at radius 1 is 0.824 bits per heavy atom. The fraction of sp³-hybridized carbons (Fsp3) is 0.250. The second-order valence-corrected chi connectivity index (χ2v) is 4.16. The maximum Gasteiger partial charge on any atom is 1.00 e. The summed E-state index contributed by atoms with van der Waals surface area (Å²) in [5.41, 5.74) is 2.85. The zero-order chi connectivity index (χ0) is 11.2. The van der Waals surface area contributed by atoms with Crippen LogP contribution in [0.4, 0.5) is 0 Å². The van der Waals surface area contributed by atoms with Gasteiger partial charge < -0.3 is 1.43 Å². The van der Waals surface area contributed by atoms with Crippen LogP contribution in [0.25, 0.3) is 0 Å². The molecule has 2 aromatic rings. The van der Waals surface area contributed by atoms with Crippen LogP contribution in [-0.2, 0) is 0 Å². The summed E-state index contributed by atoms with van der Waals surface area (Å²) in [5, 5.41) is 0. The Morgan fingerprint density at radius 2 is 1.24 bits per heavy atom. The standard InChI is InChI=1S/C16H18.Li.H/c1-2-9-16(14-10-5-3-6-11-14)15-12-7-4-8-13-15;;/h3-8,10-13,16H,2,9H2,1H3;;/q;+1;-1. The van der Waals surface area contributed by atoms with Crippen molar-refractivity contribution in [2.24, 2.45) is 0 Å². The predicted molar refractivity (Wildman–Crippen MR) is 70.7 cm³/mol. The molecule has 0 aliphatic heterocycles. The minimum atomic E-state index is 0. The van der Waals surface area contributed by atoms with Crippen LogP contribution in [-0.4, -0.2) is 0 Å². The van der Waals surface area contributed by atoms with Gasteiger partial charge in [-0.15, -0.1) is 0 Å². The second kappa shape index (κ2) is 7.38. The average Bonchev–Trinajstić information content (AvgIpc) is 2.38. The molecule has 0 aliphatic rings. The van der Waals surface area contributed by atoms with Gasteiger partial charge in [-0.1, -0.05) is 74.0 Å². The molecule has 0 heterocycles. The largest absolute Gasteiger partial charge is 1.00 e. The molecule has 0 unspecified atom stereocenters. The molecular formula is C16H19Li. The van der Waals surface area contributed by atoms with E-state index in [-0.39, 0.29) is 20.3 Å². The Kier molecular flexibility index (Phi) is 6.12. The van der Waals surface area contributed by atoms with Gasteiger partial charge in [-0.05, 0) is 17.5 Å². The third kappa shape index (κ3) is 3.77. The van der Waals surface area contributed by atoms with Gasteiger partial charge in [0.05, 0.1) is 0 Å². The molecule has 0 amide bonds. The van der Waals surface area contributed by atoms with Crippen LogP contribution in [0.5, 0.6) is 0 Å². The summed E-state index contributed by atoms with van der Waals surface area (Å²) in [6, 6.07) is 21.6. The quantitative estimate of drug-likeness (QED) is 0.686. The van der Waals surface area contributed by atoms with Crippen molar-refractivity contribution in [1.29, 1.82) is 0 Å². The number of benzene rings is 2. The van der Waals surface area contributed by atoms with Crippen LogP contribution in [0.2, 0.25) is 0 Å². The first kappa shape index (κ1) is 14.1. The molecule has 0 fully saturated rings. The third-order valence-electron chi connectivity index (χ3n) is 2.98. The third-order valence-corrected chi connectivity index (χ3v) is 2.98. The summed E-state index contributed by atoms with van der Waals surface area (Å²) in [6.07, 6.45) is 2.43. The number of rotatable bonds is 4. The molecule has 0 nitrogen and oxygen atoms in total. The summed E-state index contributed by atoms with van der Waals surface area (Å²) >= 11 is 0. The number of hydrogen-bond donors (Lipinski definition) is 0. The van der Waals surface area contributed by atoms with E-state index in [1.807, 2.05) is 0 Å². The molecule has 2 rings (SSSR count). The van der Waals surface area contributed by atoms with Crippen molar-refractivity contribution in [3.63, 3.8) is 0 Å². The van der Waals surface area contributed by atoms with Crippen LogP contribution < -0.4 is 18.9 Å². The van der Waals surface area contributed by atoms with Crippen molar-refractivity contribution in [3.8, 4) is 0 Å². The predicted octanol–water partition coefficient (Wildman–Crippen LogP) is 1.74. The van der Waals surface area contributed by atoms with E-state index in [0.29, 0.717) is 5.92 Å². The van der Waals surface area contributed by atoms with Gasteiger partial charge in [0, 0.05) is 5.92 Å². The van der Waals surface area contributed by atoms with Gasteiger partial charge in [-0.25, -0.2) is 0 Å². The maximum absolute atomic E-state index is 2.25. The molecule has 0 bridgehead atoms. The summed E-state index contributed by atoms with van der Waals surface area (Å²) < 4.78 is 0.